The van der Waals surface area contributed by atoms with E-state index in [0.717, 1.165) is 16.8 Å². The Morgan fingerprint density at radius 1 is 1.06 bits per heavy atom. The zero-order valence-electron chi connectivity index (χ0n) is 10.9. The highest BCUT2D eigenvalue weighted by atomic mass is 16.3. The van der Waals surface area contributed by atoms with E-state index in [1.165, 1.54) is 0 Å². The van der Waals surface area contributed by atoms with Gasteiger partial charge >= 0.3 is 0 Å². The number of benzene rings is 2. The standard InChI is InChI=1S/C16H19NO/c1-13-7-6-8-14(11-13)16(2,18)12-17-15-9-4-3-5-10-15/h3-11,17-18H,12H2,1-2H3. The average molecular weight is 241 g/mol. The lowest BCUT2D eigenvalue weighted by Gasteiger charge is -2.25. The zero-order chi connectivity index (χ0) is 13.0. The number of aliphatic hydroxyl groups is 1. The Hall–Kier alpha value is -1.80. The minimum Gasteiger partial charge on any atom is -0.384 e. The molecule has 0 amide bonds. The molecule has 0 saturated carbocycles. The van der Waals surface area contributed by atoms with Gasteiger partial charge in [-0.1, -0.05) is 48.0 Å². The number of aryl methyl sites for hydroxylation is 1. The Morgan fingerprint density at radius 2 is 1.78 bits per heavy atom. The molecule has 0 bridgehead atoms. The lowest BCUT2D eigenvalue weighted by Crippen LogP contribution is -2.30. The van der Waals surface area contributed by atoms with Crippen LogP contribution in [-0.4, -0.2) is 11.7 Å². The van der Waals surface area contributed by atoms with Crippen LogP contribution in [-0.2, 0) is 5.60 Å². The van der Waals surface area contributed by atoms with Crippen molar-refractivity contribution in [3.05, 3.63) is 65.7 Å². The van der Waals surface area contributed by atoms with Crippen molar-refractivity contribution in [2.45, 2.75) is 19.4 Å². The molecule has 1 unspecified atom stereocenters. The van der Waals surface area contributed by atoms with Crippen molar-refractivity contribution in [1.82, 2.24) is 0 Å². The van der Waals surface area contributed by atoms with Gasteiger partial charge < -0.3 is 10.4 Å². The van der Waals surface area contributed by atoms with Crippen LogP contribution in [0.3, 0.4) is 0 Å². The molecule has 2 N–H and O–H groups in total. The molecule has 2 rings (SSSR count). The van der Waals surface area contributed by atoms with Crippen LogP contribution in [0.15, 0.2) is 54.6 Å². The summed E-state index contributed by atoms with van der Waals surface area (Å²) in [5.74, 6) is 0. The van der Waals surface area contributed by atoms with Crippen molar-refractivity contribution < 1.29 is 5.11 Å². The van der Waals surface area contributed by atoms with Crippen molar-refractivity contribution in [3.63, 3.8) is 0 Å². The Labute approximate surface area is 108 Å². The molecule has 0 aliphatic carbocycles. The number of para-hydroxylation sites is 1. The van der Waals surface area contributed by atoms with Gasteiger partial charge in [-0.05, 0) is 31.5 Å². The fourth-order valence-electron chi connectivity index (χ4n) is 1.91. The molecule has 0 saturated heterocycles. The lowest BCUT2D eigenvalue weighted by atomic mass is 9.94. The molecule has 0 aliphatic heterocycles. The molecule has 18 heavy (non-hydrogen) atoms. The number of nitrogens with one attached hydrogen (secondary N) is 1. The van der Waals surface area contributed by atoms with Crippen LogP contribution in [0.25, 0.3) is 0 Å². The summed E-state index contributed by atoms with van der Waals surface area (Å²) in [6.45, 7) is 4.35. The van der Waals surface area contributed by atoms with E-state index in [4.69, 9.17) is 0 Å². The number of rotatable bonds is 4. The van der Waals surface area contributed by atoms with Crippen molar-refractivity contribution in [1.29, 1.82) is 0 Å². The number of hydrogen-bond donors (Lipinski definition) is 2. The van der Waals surface area contributed by atoms with Crippen LogP contribution in [0.1, 0.15) is 18.1 Å². The normalized spacial score (nSPS) is 13.9. The van der Waals surface area contributed by atoms with E-state index in [1.807, 2.05) is 68.4 Å². The maximum atomic E-state index is 10.5. The molecule has 0 aliphatic rings. The SMILES string of the molecule is Cc1cccc(C(C)(O)CNc2ccccc2)c1. The van der Waals surface area contributed by atoms with Gasteiger partial charge in [0.15, 0.2) is 0 Å². The maximum absolute atomic E-state index is 10.5. The molecule has 0 fully saturated rings. The minimum atomic E-state index is -0.873. The van der Waals surface area contributed by atoms with E-state index in [1.54, 1.807) is 0 Å². The van der Waals surface area contributed by atoms with Gasteiger partial charge in [0.25, 0.3) is 0 Å². The first-order valence-electron chi connectivity index (χ1n) is 6.16. The summed E-state index contributed by atoms with van der Waals surface area (Å²) in [6.07, 6.45) is 0. The van der Waals surface area contributed by atoms with Gasteiger partial charge in [-0.2, -0.15) is 0 Å². The first-order chi connectivity index (χ1) is 8.58. The van der Waals surface area contributed by atoms with Crippen molar-refractivity contribution in [2.24, 2.45) is 0 Å². The summed E-state index contributed by atoms with van der Waals surface area (Å²) in [6, 6.07) is 17.9. The molecular formula is C16H19NO. The summed E-state index contributed by atoms with van der Waals surface area (Å²) < 4.78 is 0. The van der Waals surface area contributed by atoms with E-state index in [9.17, 15) is 5.11 Å². The summed E-state index contributed by atoms with van der Waals surface area (Å²) >= 11 is 0. The Kier molecular flexibility index (Phi) is 3.68. The molecule has 94 valence electrons. The predicted octanol–water partition coefficient (Wildman–Crippen LogP) is 3.31. The second kappa shape index (κ2) is 5.23. The highest BCUT2D eigenvalue weighted by molar-refractivity contribution is 5.43. The Bertz CT molecular complexity index is 506. The third-order valence-electron chi connectivity index (χ3n) is 3.05. The first-order valence-corrected chi connectivity index (χ1v) is 6.16. The van der Waals surface area contributed by atoms with Crippen LogP contribution in [0.2, 0.25) is 0 Å². The predicted molar refractivity (Wildman–Crippen MR) is 75.7 cm³/mol. The Balaban J connectivity index is 2.08. The molecule has 0 spiro atoms. The molecule has 2 nitrogen and oxygen atoms in total. The van der Waals surface area contributed by atoms with Gasteiger partial charge in [0, 0.05) is 12.2 Å². The zero-order valence-corrected chi connectivity index (χ0v) is 10.9. The molecule has 0 radical (unpaired) electrons. The van der Waals surface area contributed by atoms with Crippen LogP contribution < -0.4 is 5.32 Å². The number of hydrogen-bond acceptors (Lipinski definition) is 2. The largest absolute Gasteiger partial charge is 0.384 e. The molecule has 0 heterocycles. The molecule has 2 heteroatoms. The average Bonchev–Trinajstić information content (AvgIpc) is 2.38. The summed E-state index contributed by atoms with van der Waals surface area (Å²) in [7, 11) is 0. The van der Waals surface area contributed by atoms with Crippen molar-refractivity contribution in [2.75, 3.05) is 11.9 Å². The lowest BCUT2D eigenvalue weighted by molar-refractivity contribution is 0.0715. The fraction of sp³-hybridized carbons (Fsp3) is 0.250. The molecule has 2 aromatic rings. The number of anilines is 1. The Morgan fingerprint density at radius 3 is 2.44 bits per heavy atom. The molecule has 2 aromatic carbocycles. The van der Waals surface area contributed by atoms with Gasteiger partial charge in [-0.15, -0.1) is 0 Å². The second-order valence-corrected chi connectivity index (χ2v) is 4.86. The summed E-state index contributed by atoms with van der Waals surface area (Å²) in [5, 5.41) is 13.8. The molecule has 1 atom stereocenters. The topological polar surface area (TPSA) is 32.3 Å². The van der Waals surface area contributed by atoms with Crippen molar-refractivity contribution in [3.8, 4) is 0 Å². The first kappa shape index (κ1) is 12.7. The van der Waals surface area contributed by atoms with E-state index in [-0.39, 0.29) is 0 Å². The van der Waals surface area contributed by atoms with E-state index < -0.39 is 5.60 Å². The van der Waals surface area contributed by atoms with Gasteiger partial charge in [-0.25, -0.2) is 0 Å². The third kappa shape index (κ3) is 3.11. The van der Waals surface area contributed by atoms with E-state index >= 15 is 0 Å². The molecular weight excluding hydrogens is 222 g/mol. The van der Waals surface area contributed by atoms with Crippen LogP contribution in [0, 0.1) is 6.92 Å². The van der Waals surface area contributed by atoms with Crippen LogP contribution in [0.4, 0.5) is 5.69 Å². The maximum Gasteiger partial charge on any atom is 0.104 e. The van der Waals surface area contributed by atoms with Gasteiger partial charge in [0.05, 0.1) is 0 Å². The monoisotopic (exact) mass is 241 g/mol. The molecule has 0 aromatic heterocycles. The highest BCUT2D eigenvalue weighted by Gasteiger charge is 2.22. The van der Waals surface area contributed by atoms with Crippen LogP contribution in [0.5, 0.6) is 0 Å². The smallest absolute Gasteiger partial charge is 0.104 e. The van der Waals surface area contributed by atoms with E-state index in [0.29, 0.717) is 6.54 Å². The third-order valence-corrected chi connectivity index (χ3v) is 3.05. The second-order valence-electron chi connectivity index (χ2n) is 4.86. The fourth-order valence-corrected chi connectivity index (χ4v) is 1.91. The van der Waals surface area contributed by atoms with E-state index in [2.05, 4.69) is 5.32 Å². The van der Waals surface area contributed by atoms with Gasteiger partial charge in [0.2, 0.25) is 0 Å². The summed E-state index contributed by atoms with van der Waals surface area (Å²) in [4.78, 5) is 0. The van der Waals surface area contributed by atoms with Crippen molar-refractivity contribution >= 4 is 5.69 Å². The quantitative estimate of drug-likeness (QED) is 0.860. The highest BCUT2D eigenvalue weighted by Crippen LogP contribution is 2.22. The van der Waals surface area contributed by atoms with Crippen LogP contribution >= 0.6 is 0 Å². The summed E-state index contributed by atoms with van der Waals surface area (Å²) in [5.41, 5.74) is 2.24. The minimum absolute atomic E-state index is 0.487. The van der Waals surface area contributed by atoms with Gasteiger partial charge in [-0.3, -0.25) is 0 Å². The van der Waals surface area contributed by atoms with Gasteiger partial charge in [0.1, 0.15) is 5.60 Å².